The van der Waals surface area contributed by atoms with Crippen molar-refractivity contribution in [3.8, 4) is 0 Å². The number of aliphatic carboxylic acids is 1. The minimum absolute atomic E-state index is 0. The van der Waals surface area contributed by atoms with Crippen LogP contribution < -0.4 is 35.4 Å². The van der Waals surface area contributed by atoms with E-state index >= 15 is 0 Å². The molecule has 4 heterocycles. The Kier molecular flexibility index (Phi) is 30.1. The number of amides is 3. The average molecular weight is 1520 g/mol. The zero-order chi connectivity index (χ0) is 69.4. The number of anilines is 3. The third kappa shape index (κ3) is 20.2. The van der Waals surface area contributed by atoms with E-state index in [1.165, 1.54) is 80.3 Å². The lowest BCUT2D eigenvalue weighted by Crippen LogP contribution is -2.63. The van der Waals surface area contributed by atoms with Gasteiger partial charge in [-0.25, -0.2) is 13.2 Å². The summed E-state index contributed by atoms with van der Waals surface area (Å²) in [5.41, 5.74) is 17.6. The maximum Gasteiger partial charge on any atom is 0.318 e. The molecule has 35 heteroatoms. The molecule has 12 fully saturated rings. The second-order valence-electron chi connectivity index (χ2n) is 25.8. The second kappa shape index (κ2) is 35.4. The lowest BCUT2D eigenvalue weighted by atomic mass is 9.47. The Morgan fingerprint density at radius 1 is 0.520 bits per heavy atom. The molecule has 15 rings (SSSR count). The van der Waals surface area contributed by atoms with Crippen LogP contribution in [0.15, 0.2) is 72.8 Å². The lowest BCUT2D eigenvalue weighted by molar-refractivity contribution is -0.147. The van der Waals surface area contributed by atoms with Gasteiger partial charge in [-0.05, 0) is 221 Å². The van der Waals surface area contributed by atoms with Crippen LogP contribution in [-0.4, -0.2) is 167 Å². The summed E-state index contributed by atoms with van der Waals surface area (Å²) in [6.07, 6.45) is 13.8. The molecule has 8 saturated carbocycles. The number of carbonyl (C=O) groups is 7. The van der Waals surface area contributed by atoms with Crippen LogP contribution in [0.1, 0.15) is 111 Å². The van der Waals surface area contributed by atoms with E-state index in [2.05, 4.69) is 28.5 Å². The molecule has 4 atom stereocenters. The quantitative estimate of drug-likeness (QED) is 0.0847. The Hall–Kier alpha value is -5.45. The highest BCUT2D eigenvalue weighted by Gasteiger charge is 2.59. The van der Waals surface area contributed by atoms with Gasteiger partial charge in [-0.3, -0.25) is 46.5 Å². The van der Waals surface area contributed by atoms with Crippen molar-refractivity contribution in [3.63, 3.8) is 0 Å². The van der Waals surface area contributed by atoms with E-state index in [9.17, 15) is 72.0 Å². The number of nitrogens with zero attached hydrogens (tertiary/aromatic N) is 6. The number of ether oxygens (including phenoxy) is 1. The Balaban J connectivity index is 0.000000230. The van der Waals surface area contributed by atoms with Gasteiger partial charge in [0.1, 0.15) is 24.0 Å². The molecule has 25 nitrogen and oxygen atoms in total. The SMILES string of the molecule is C.C.C1CCOC1.Cl.NC(=O)C12CC3CC(C1)C(N)C(C3)C2.NC(=O)C12CC3CC(C1)C(NC(=O)CN1CCCN(c4cccc(F)c4)S1(=O)=O)C(C3)C2.O=C(Cl)C(=O)Cl.O=C(Cl)CN1CCCN(c2cccc(F)c2)S1(=O)=O.O=C(O)CN1CCCN(c2cccc(F)c2)S1(=O)=O. The van der Waals surface area contributed by atoms with Gasteiger partial charge in [-0.15, -0.1) is 12.4 Å². The number of nitrogens with one attached hydrogen (secondary N) is 1. The van der Waals surface area contributed by atoms with Crippen LogP contribution in [0.4, 0.5) is 30.2 Å². The molecule has 4 saturated heterocycles. The third-order valence-electron chi connectivity index (χ3n) is 19.3. The van der Waals surface area contributed by atoms with Crippen molar-refractivity contribution in [3.05, 3.63) is 90.2 Å². The molecule has 4 aliphatic heterocycles. The normalized spacial score (nSPS) is 28.7. The van der Waals surface area contributed by atoms with Crippen molar-refractivity contribution in [2.45, 2.75) is 123 Å². The summed E-state index contributed by atoms with van der Waals surface area (Å²) in [5, 5.41) is 8.78. The van der Waals surface area contributed by atoms with Crippen LogP contribution in [0.2, 0.25) is 0 Å². The van der Waals surface area contributed by atoms with Crippen LogP contribution >= 0.6 is 47.2 Å². The van der Waals surface area contributed by atoms with Crippen molar-refractivity contribution in [2.24, 2.45) is 63.5 Å². The summed E-state index contributed by atoms with van der Waals surface area (Å²) in [6.45, 7) is 2.09. The van der Waals surface area contributed by atoms with Gasteiger partial charge in [0.25, 0.3) is 0 Å². The van der Waals surface area contributed by atoms with Crippen LogP contribution in [0.3, 0.4) is 0 Å². The summed E-state index contributed by atoms with van der Waals surface area (Å²) >= 11 is 14.2. The number of hydrogen-bond donors (Lipinski definition) is 5. The molecule has 3 aromatic rings. The molecule has 0 radical (unpaired) electrons. The summed E-state index contributed by atoms with van der Waals surface area (Å²) < 4.78 is 126. The molecule has 98 heavy (non-hydrogen) atoms. The summed E-state index contributed by atoms with van der Waals surface area (Å²) in [4.78, 5) is 77.0. The predicted octanol–water partition coefficient (Wildman–Crippen LogP) is 7.03. The van der Waals surface area contributed by atoms with E-state index in [1.807, 2.05) is 0 Å². The van der Waals surface area contributed by atoms with Gasteiger partial charge < -0.3 is 32.4 Å². The summed E-state index contributed by atoms with van der Waals surface area (Å²) in [7, 11) is -11.7. The first-order valence-corrected chi connectivity index (χ1v) is 36.7. The van der Waals surface area contributed by atoms with Crippen LogP contribution in [0.25, 0.3) is 0 Å². The summed E-state index contributed by atoms with van der Waals surface area (Å²) in [5.74, 6) is -0.617. The lowest BCUT2D eigenvalue weighted by Gasteiger charge is -2.58. The van der Waals surface area contributed by atoms with Gasteiger partial charge >= 0.3 is 47.1 Å². The molecule has 4 unspecified atom stereocenters. The van der Waals surface area contributed by atoms with E-state index in [0.29, 0.717) is 55.9 Å². The fourth-order valence-corrected chi connectivity index (χ4v) is 20.7. The monoisotopic (exact) mass is 1520 g/mol. The fraction of sp³-hybridized carbons (Fsp3) is 0.603. The first-order chi connectivity index (χ1) is 44.7. The van der Waals surface area contributed by atoms with E-state index in [0.717, 1.165) is 95.6 Å². The fourth-order valence-electron chi connectivity index (χ4n) is 15.6. The molecule has 3 amide bonds. The van der Waals surface area contributed by atoms with Gasteiger partial charge in [0.15, 0.2) is 0 Å². The van der Waals surface area contributed by atoms with Crippen molar-refractivity contribution in [1.82, 2.24) is 18.2 Å². The van der Waals surface area contributed by atoms with E-state index in [-0.39, 0.29) is 138 Å². The Morgan fingerprint density at radius 3 is 1.16 bits per heavy atom. The number of hydrogen-bond acceptors (Lipinski definition) is 15. The number of nitrogens with two attached hydrogens (primary N) is 3. The van der Waals surface area contributed by atoms with Gasteiger partial charge in [0.05, 0.1) is 30.2 Å². The van der Waals surface area contributed by atoms with Crippen molar-refractivity contribution < 1.29 is 81.8 Å². The number of halogens is 7. The van der Waals surface area contributed by atoms with Gasteiger partial charge in [0, 0.05) is 75.4 Å². The third-order valence-corrected chi connectivity index (χ3v) is 25.6. The van der Waals surface area contributed by atoms with Gasteiger partial charge in [-0.1, -0.05) is 33.1 Å². The molecule has 8 N–H and O–H groups in total. The maximum absolute atomic E-state index is 13.6. The zero-order valence-electron chi connectivity index (χ0n) is 52.4. The molecular formula is C63H89Cl4F3N10O15S3. The Bertz CT molecular complexity index is 3530. The van der Waals surface area contributed by atoms with Gasteiger partial charge in [-0.2, -0.15) is 38.2 Å². The minimum atomic E-state index is -3.93. The van der Waals surface area contributed by atoms with Crippen LogP contribution in [-0.2, 0) is 68.9 Å². The van der Waals surface area contributed by atoms with E-state index < -0.39 is 81.7 Å². The first-order valence-electron chi connectivity index (χ1n) is 31.4. The average Bonchev–Trinajstić information content (AvgIpc) is 0.754. The summed E-state index contributed by atoms with van der Waals surface area (Å²) in [6, 6.07) is 16.3. The molecule has 0 spiro atoms. The molecule has 12 aliphatic rings. The number of benzene rings is 3. The van der Waals surface area contributed by atoms with Gasteiger partial charge in [0.2, 0.25) is 23.0 Å². The number of primary amides is 2. The van der Waals surface area contributed by atoms with Crippen molar-refractivity contribution >= 4 is 134 Å². The predicted molar refractivity (Wildman–Crippen MR) is 368 cm³/mol. The Morgan fingerprint density at radius 2 is 0.857 bits per heavy atom. The van der Waals surface area contributed by atoms with Crippen LogP contribution in [0, 0.1) is 63.8 Å². The largest absolute Gasteiger partial charge is 0.480 e. The number of rotatable bonds is 13. The number of carboxylic acid groups (broad SMARTS) is 1. The minimum Gasteiger partial charge on any atom is -0.480 e. The van der Waals surface area contributed by atoms with Crippen LogP contribution in [0.5, 0.6) is 0 Å². The topological polar surface area (TPSA) is 361 Å². The number of carboxylic acids is 1. The maximum atomic E-state index is 13.6. The first kappa shape index (κ1) is 83.2. The standard InChI is InChI=1S/C22H29FN4O4S.C11H12ClFN2O3S.C11H13FN2O4S.C11H18N2O.C4H8O.C2Cl2O2.2CH4.ClH/c23-17-3-1-4-18(9-17)27-6-2-5-26(32(27,30)31)13-19(28)25-20-15-7-14-8-16(20)12-22(10-14,11-15)21(24)29;12-11(16)8-14-5-2-6-15(19(14,17)18)10-4-1-3-9(13)7-10;12-9-3-1-4-10(7-9)14-6-2-5-13(8-11(15)16)19(14,17)18;12-9-7-1-6-2-8(9)5-11(3-6,4-7)10(13)14;1-2-4-5-3-1;3-1(5)2(4)6;;;/h1,3-4,9,14-16,20H,2,5-8,10-13H2,(H2,24,29)(H,25,28);1,3-4,7H,2,5-6,8H2;1,3-4,7H,2,5-6,8H2,(H,15,16);6-9H,1-5,12H2,(H2,13,14);1-4H2;;2*1H4;1H. The Labute approximate surface area is 592 Å². The molecule has 548 valence electrons. The smallest absolute Gasteiger partial charge is 0.318 e. The molecule has 8 bridgehead atoms. The van der Waals surface area contributed by atoms with Crippen molar-refractivity contribution in [2.75, 3.05) is 85.0 Å². The number of carbonyl (C=O) groups excluding carboxylic acids is 6. The highest BCUT2D eigenvalue weighted by Crippen LogP contribution is 2.61. The van der Waals surface area contributed by atoms with E-state index in [4.69, 9.17) is 38.6 Å². The zero-order valence-corrected chi connectivity index (χ0v) is 57.9. The van der Waals surface area contributed by atoms with E-state index in [1.54, 1.807) is 6.07 Å². The highest BCUT2D eigenvalue weighted by molar-refractivity contribution is 7.91. The highest BCUT2D eigenvalue weighted by atomic mass is 35.5. The second-order valence-corrected chi connectivity index (χ2v) is 32.4. The molecule has 3 aromatic carbocycles. The van der Waals surface area contributed by atoms with Crippen molar-refractivity contribution in [1.29, 1.82) is 0 Å². The molecular weight excluding hydrogens is 1430 g/mol. The molecule has 0 aromatic heterocycles. The molecule has 8 aliphatic carbocycles.